The molecule has 124 valence electrons. The number of aromatic nitrogens is 1. The zero-order valence-electron chi connectivity index (χ0n) is 12.9. The van der Waals surface area contributed by atoms with Crippen LogP contribution in [-0.4, -0.2) is 24.1 Å². The summed E-state index contributed by atoms with van der Waals surface area (Å²) < 4.78 is 11.8. The van der Waals surface area contributed by atoms with Gasteiger partial charge in [0.15, 0.2) is 11.7 Å². The first-order valence-electron chi connectivity index (χ1n) is 7.36. The first-order valence-corrected chi connectivity index (χ1v) is 8.55. The number of para-hydroxylation sites is 1. The fourth-order valence-corrected chi connectivity index (χ4v) is 3.18. The van der Waals surface area contributed by atoms with Gasteiger partial charge < -0.3 is 9.47 Å². The number of hydrogen-bond acceptors (Lipinski definition) is 5. The number of benzene rings is 2. The minimum atomic E-state index is -0.293. The number of rotatable bonds is 6. The molecule has 5 nitrogen and oxygen atoms in total. The number of thiazole rings is 1. The van der Waals surface area contributed by atoms with Crippen LogP contribution in [0, 0.1) is 0 Å². The lowest BCUT2D eigenvalue weighted by molar-refractivity contribution is -0.118. The van der Waals surface area contributed by atoms with Crippen LogP contribution in [0.4, 0.5) is 5.13 Å². The van der Waals surface area contributed by atoms with Gasteiger partial charge >= 0.3 is 0 Å². The summed E-state index contributed by atoms with van der Waals surface area (Å²) in [4.78, 5) is 16.4. The lowest BCUT2D eigenvalue weighted by Crippen LogP contribution is -2.20. The second-order valence-corrected chi connectivity index (χ2v) is 6.29. The van der Waals surface area contributed by atoms with Gasteiger partial charge in [0.1, 0.15) is 11.5 Å². The zero-order valence-corrected chi connectivity index (χ0v) is 14.5. The lowest BCUT2D eigenvalue weighted by atomic mass is 10.3. The Labute approximate surface area is 148 Å². The summed E-state index contributed by atoms with van der Waals surface area (Å²) in [5.74, 6) is 0.965. The number of carbonyl (C=O) groups is 1. The van der Waals surface area contributed by atoms with Crippen molar-refractivity contribution in [3.8, 4) is 11.5 Å². The molecular weight excluding hydrogens is 348 g/mol. The van der Waals surface area contributed by atoms with Crippen LogP contribution in [-0.2, 0) is 4.79 Å². The van der Waals surface area contributed by atoms with Gasteiger partial charge in [-0.3, -0.25) is 10.1 Å². The van der Waals surface area contributed by atoms with Crippen molar-refractivity contribution < 1.29 is 14.3 Å². The Morgan fingerprint density at radius 1 is 1.25 bits per heavy atom. The number of fused-ring (bicyclic) bond motifs is 1. The molecule has 1 heterocycles. The maximum absolute atomic E-state index is 12.0. The average Bonchev–Trinajstić information content (AvgIpc) is 2.96. The normalized spacial score (nSPS) is 10.6. The van der Waals surface area contributed by atoms with E-state index in [1.54, 1.807) is 24.3 Å². The van der Waals surface area contributed by atoms with Crippen LogP contribution in [0.3, 0.4) is 0 Å². The third-order valence-electron chi connectivity index (χ3n) is 3.11. The van der Waals surface area contributed by atoms with Gasteiger partial charge in [-0.2, -0.15) is 0 Å². The maximum atomic E-state index is 12.0. The van der Waals surface area contributed by atoms with Crippen molar-refractivity contribution in [1.29, 1.82) is 0 Å². The molecule has 0 unspecified atom stereocenters. The predicted octanol–water partition coefficient (Wildman–Crippen LogP) is 4.37. The molecule has 1 aromatic heterocycles. The number of ether oxygens (including phenoxy) is 2. The summed E-state index contributed by atoms with van der Waals surface area (Å²) >= 11 is 7.37. The van der Waals surface area contributed by atoms with Gasteiger partial charge in [0.05, 0.1) is 21.8 Å². The summed E-state index contributed by atoms with van der Waals surface area (Å²) in [6.07, 6.45) is 0. The third-order valence-corrected chi connectivity index (χ3v) is 4.36. The topological polar surface area (TPSA) is 60.5 Å². The molecule has 0 fully saturated rings. The smallest absolute Gasteiger partial charge is 0.264 e. The number of halogens is 1. The van der Waals surface area contributed by atoms with Crippen LogP contribution >= 0.6 is 22.9 Å². The van der Waals surface area contributed by atoms with Gasteiger partial charge in [0.2, 0.25) is 0 Å². The lowest BCUT2D eigenvalue weighted by Gasteiger charge is -2.06. The number of carbonyl (C=O) groups excluding carboxylic acids is 1. The van der Waals surface area contributed by atoms with Crippen molar-refractivity contribution in [2.24, 2.45) is 0 Å². The van der Waals surface area contributed by atoms with Crippen LogP contribution in [0.25, 0.3) is 10.2 Å². The molecule has 1 N–H and O–H groups in total. The average molecular weight is 363 g/mol. The predicted molar refractivity (Wildman–Crippen MR) is 96.4 cm³/mol. The second kappa shape index (κ2) is 7.51. The standard InChI is InChI=1S/C17H15ClN2O3S/c1-2-22-11-7-8-13-15(9-11)24-17(19-13)20-16(21)10-23-14-6-4-3-5-12(14)18/h3-9H,2,10H2,1H3,(H,19,20,21). The summed E-state index contributed by atoms with van der Waals surface area (Å²) in [6.45, 7) is 2.40. The molecule has 0 saturated heterocycles. The van der Waals surface area contributed by atoms with Crippen molar-refractivity contribution in [2.75, 3.05) is 18.5 Å². The molecular formula is C17H15ClN2O3S. The fourth-order valence-electron chi connectivity index (χ4n) is 2.08. The first kappa shape index (κ1) is 16.5. The quantitative estimate of drug-likeness (QED) is 0.707. The van der Waals surface area contributed by atoms with Crippen molar-refractivity contribution >= 4 is 44.2 Å². The SMILES string of the molecule is CCOc1ccc2nc(NC(=O)COc3ccccc3Cl)sc2c1. The van der Waals surface area contributed by atoms with Gasteiger partial charge in [-0.25, -0.2) is 4.98 Å². The van der Waals surface area contributed by atoms with Gasteiger partial charge in [-0.15, -0.1) is 0 Å². The zero-order chi connectivity index (χ0) is 16.9. The van der Waals surface area contributed by atoms with Gasteiger partial charge in [0, 0.05) is 0 Å². The molecule has 24 heavy (non-hydrogen) atoms. The highest BCUT2D eigenvalue weighted by molar-refractivity contribution is 7.22. The highest BCUT2D eigenvalue weighted by Gasteiger charge is 2.10. The molecule has 7 heteroatoms. The molecule has 3 aromatic rings. The highest BCUT2D eigenvalue weighted by Crippen LogP contribution is 2.29. The molecule has 0 aliphatic carbocycles. The Balaban J connectivity index is 1.63. The summed E-state index contributed by atoms with van der Waals surface area (Å²) in [5.41, 5.74) is 0.811. The summed E-state index contributed by atoms with van der Waals surface area (Å²) in [6, 6.07) is 12.6. The van der Waals surface area contributed by atoms with Gasteiger partial charge in [-0.05, 0) is 37.3 Å². The van der Waals surface area contributed by atoms with Crippen LogP contribution in [0.2, 0.25) is 5.02 Å². The van der Waals surface area contributed by atoms with Crippen LogP contribution in [0.15, 0.2) is 42.5 Å². The highest BCUT2D eigenvalue weighted by atomic mass is 35.5. The molecule has 0 aliphatic rings. The Morgan fingerprint density at radius 3 is 2.88 bits per heavy atom. The Morgan fingerprint density at radius 2 is 2.08 bits per heavy atom. The van der Waals surface area contributed by atoms with E-state index in [0.29, 0.717) is 22.5 Å². The molecule has 0 bridgehead atoms. The van der Waals surface area contributed by atoms with E-state index in [1.807, 2.05) is 25.1 Å². The van der Waals surface area contributed by atoms with E-state index in [1.165, 1.54) is 11.3 Å². The molecule has 0 aliphatic heterocycles. The van der Waals surface area contributed by atoms with E-state index in [-0.39, 0.29) is 12.5 Å². The van der Waals surface area contributed by atoms with Crippen molar-refractivity contribution in [3.05, 3.63) is 47.5 Å². The van der Waals surface area contributed by atoms with E-state index in [0.717, 1.165) is 16.0 Å². The monoisotopic (exact) mass is 362 g/mol. The minimum absolute atomic E-state index is 0.135. The number of hydrogen-bond donors (Lipinski definition) is 1. The van der Waals surface area contributed by atoms with E-state index in [2.05, 4.69) is 10.3 Å². The first-order chi connectivity index (χ1) is 11.7. The van der Waals surface area contributed by atoms with Crippen LogP contribution < -0.4 is 14.8 Å². The van der Waals surface area contributed by atoms with Gasteiger partial charge in [0.25, 0.3) is 5.91 Å². The Kier molecular flexibility index (Phi) is 5.17. The van der Waals surface area contributed by atoms with E-state index in [9.17, 15) is 4.79 Å². The van der Waals surface area contributed by atoms with E-state index < -0.39 is 0 Å². The molecule has 0 atom stereocenters. The largest absolute Gasteiger partial charge is 0.494 e. The van der Waals surface area contributed by atoms with E-state index >= 15 is 0 Å². The van der Waals surface area contributed by atoms with Crippen LogP contribution in [0.5, 0.6) is 11.5 Å². The molecule has 2 aromatic carbocycles. The number of amides is 1. The molecule has 3 rings (SSSR count). The van der Waals surface area contributed by atoms with E-state index in [4.69, 9.17) is 21.1 Å². The maximum Gasteiger partial charge on any atom is 0.264 e. The Bertz CT molecular complexity index is 866. The molecule has 1 amide bonds. The van der Waals surface area contributed by atoms with Crippen molar-refractivity contribution in [1.82, 2.24) is 4.98 Å². The van der Waals surface area contributed by atoms with Crippen LogP contribution in [0.1, 0.15) is 6.92 Å². The minimum Gasteiger partial charge on any atom is -0.494 e. The number of nitrogens with one attached hydrogen (secondary N) is 1. The summed E-state index contributed by atoms with van der Waals surface area (Å²) in [5, 5.41) is 3.72. The third kappa shape index (κ3) is 3.96. The number of anilines is 1. The van der Waals surface area contributed by atoms with Gasteiger partial charge in [-0.1, -0.05) is 35.1 Å². The fraction of sp³-hybridized carbons (Fsp3) is 0.176. The Hall–Kier alpha value is -2.31. The second-order valence-electron chi connectivity index (χ2n) is 4.85. The van der Waals surface area contributed by atoms with Crippen molar-refractivity contribution in [3.63, 3.8) is 0 Å². The molecule has 0 spiro atoms. The van der Waals surface area contributed by atoms with Crippen molar-refractivity contribution in [2.45, 2.75) is 6.92 Å². The molecule has 0 saturated carbocycles. The number of nitrogens with zero attached hydrogens (tertiary/aromatic N) is 1. The summed E-state index contributed by atoms with van der Waals surface area (Å²) in [7, 11) is 0. The molecule has 0 radical (unpaired) electrons.